The molecule has 0 saturated carbocycles. The lowest BCUT2D eigenvalue weighted by molar-refractivity contribution is -0.166. The van der Waals surface area contributed by atoms with Crippen molar-refractivity contribution in [2.24, 2.45) is 5.92 Å². The fraction of sp³-hybridized carbons (Fsp3) is 0.643. The summed E-state index contributed by atoms with van der Waals surface area (Å²) < 4.78 is 11.0. The highest BCUT2D eigenvalue weighted by Gasteiger charge is 2.41. The maximum Gasteiger partial charge on any atom is 0.316 e. The highest BCUT2D eigenvalue weighted by Crippen LogP contribution is 2.33. The van der Waals surface area contributed by atoms with Crippen LogP contribution >= 0.6 is 0 Å². The topological polar surface area (TPSA) is 35.5 Å². The number of ether oxygens (including phenoxy) is 2. The molecule has 0 bridgehead atoms. The number of carbonyl (C=O) groups excluding carboxylic acids is 1. The molecule has 0 aromatic carbocycles. The number of allylic oxidation sites excluding steroid dienone is 2. The third kappa shape index (κ3) is 3.19. The van der Waals surface area contributed by atoms with Crippen LogP contribution in [0.15, 0.2) is 24.3 Å². The molecule has 0 N–H and O–H groups in total. The molecule has 2 unspecified atom stereocenters. The van der Waals surface area contributed by atoms with Gasteiger partial charge in [-0.2, -0.15) is 0 Å². The van der Waals surface area contributed by atoms with Crippen LogP contribution in [-0.2, 0) is 14.3 Å². The van der Waals surface area contributed by atoms with Crippen LogP contribution in [0.25, 0.3) is 0 Å². The largest absolute Gasteiger partial charge is 0.459 e. The second-order valence-electron chi connectivity index (χ2n) is 5.27. The zero-order valence-corrected chi connectivity index (χ0v) is 11.3. The first-order valence-electron chi connectivity index (χ1n) is 5.98. The summed E-state index contributed by atoms with van der Waals surface area (Å²) in [6, 6.07) is 0. The van der Waals surface area contributed by atoms with Crippen LogP contribution in [0.4, 0.5) is 0 Å². The third-order valence-electron chi connectivity index (χ3n) is 2.91. The van der Waals surface area contributed by atoms with Gasteiger partial charge in [0.25, 0.3) is 0 Å². The van der Waals surface area contributed by atoms with E-state index in [1.54, 1.807) is 7.11 Å². The summed E-state index contributed by atoms with van der Waals surface area (Å²) >= 11 is 0. The Labute approximate surface area is 103 Å². The Morgan fingerprint density at radius 3 is 2.47 bits per heavy atom. The molecular weight excluding hydrogens is 216 g/mol. The van der Waals surface area contributed by atoms with E-state index < -0.39 is 11.2 Å². The van der Waals surface area contributed by atoms with E-state index in [4.69, 9.17) is 9.47 Å². The van der Waals surface area contributed by atoms with Crippen molar-refractivity contribution < 1.29 is 14.3 Å². The van der Waals surface area contributed by atoms with Gasteiger partial charge in [0.15, 0.2) is 0 Å². The van der Waals surface area contributed by atoms with Crippen molar-refractivity contribution in [1.82, 2.24) is 0 Å². The Hall–Kier alpha value is -1.09. The van der Waals surface area contributed by atoms with Crippen molar-refractivity contribution in [3.8, 4) is 0 Å². The quantitative estimate of drug-likeness (QED) is 0.709. The monoisotopic (exact) mass is 238 g/mol. The van der Waals surface area contributed by atoms with E-state index in [0.29, 0.717) is 0 Å². The lowest BCUT2D eigenvalue weighted by atomic mass is 9.81. The molecule has 0 saturated heterocycles. The maximum absolute atomic E-state index is 12.2. The fourth-order valence-corrected chi connectivity index (χ4v) is 1.98. The predicted octanol–water partition coefficient (Wildman–Crippen LogP) is 2.87. The summed E-state index contributed by atoms with van der Waals surface area (Å²) in [5.41, 5.74) is -1.05. The Morgan fingerprint density at radius 1 is 1.35 bits per heavy atom. The number of hydrogen-bond donors (Lipinski definition) is 0. The molecule has 3 nitrogen and oxygen atoms in total. The Kier molecular flexibility index (Phi) is 4.15. The van der Waals surface area contributed by atoms with Gasteiger partial charge >= 0.3 is 5.97 Å². The van der Waals surface area contributed by atoms with Crippen LogP contribution in [0, 0.1) is 5.92 Å². The molecule has 17 heavy (non-hydrogen) atoms. The molecule has 0 heterocycles. The molecule has 0 radical (unpaired) electrons. The van der Waals surface area contributed by atoms with Crippen molar-refractivity contribution >= 4 is 5.97 Å². The van der Waals surface area contributed by atoms with Gasteiger partial charge in [-0.15, -0.1) is 0 Å². The molecule has 0 aromatic rings. The van der Waals surface area contributed by atoms with Gasteiger partial charge in [-0.25, -0.2) is 0 Å². The predicted molar refractivity (Wildman–Crippen MR) is 67.6 cm³/mol. The molecule has 0 fully saturated rings. The van der Waals surface area contributed by atoms with E-state index in [1.807, 2.05) is 52.0 Å². The maximum atomic E-state index is 12.2. The summed E-state index contributed by atoms with van der Waals surface area (Å²) in [5, 5.41) is 0. The minimum atomic E-state index is -0.572. The Balaban J connectivity index is 2.91. The molecule has 96 valence electrons. The minimum Gasteiger partial charge on any atom is -0.459 e. The third-order valence-corrected chi connectivity index (χ3v) is 2.91. The van der Waals surface area contributed by atoms with E-state index in [1.165, 1.54) is 0 Å². The number of carbonyl (C=O) groups is 1. The van der Waals surface area contributed by atoms with Crippen LogP contribution in [0.3, 0.4) is 0 Å². The van der Waals surface area contributed by atoms with Gasteiger partial charge in [0.05, 0.1) is 0 Å². The first-order chi connectivity index (χ1) is 7.84. The van der Waals surface area contributed by atoms with Gasteiger partial charge in [-0.3, -0.25) is 4.79 Å². The summed E-state index contributed by atoms with van der Waals surface area (Å²) in [4.78, 5) is 12.2. The van der Waals surface area contributed by atoms with E-state index in [0.717, 1.165) is 6.42 Å². The second kappa shape index (κ2) is 5.05. The van der Waals surface area contributed by atoms with E-state index in [-0.39, 0.29) is 11.9 Å². The van der Waals surface area contributed by atoms with Crippen molar-refractivity contribution in [2.45, 2.75) is 45.3 Å². The van der Waals surface area contributed by atoms with Crippen molar-refractivity contribution in [3.05, 3.63) is 24.3 Å². The standard InChI is InChI=1S/C14H22O3/c1-6-14(16-5)10-8-7-9-11(14)12(15)17-13(2,3)4/h7-11H,6H2,1-5H3. The first-order valence-corrected chi connectivity index (χ1v) is 5.98. The molecule has 3 heteroatoms. The number of esters is 1. The van der Waals surface area contributed by atoms with Crippen LogP contribution in [-0.4, -0.2) is 24.3 Å². The van der Waals surface area contributed by atoms with Crippen LogP contribution in [0.1, 0.15) is 34.1 Å². The van der Waals surface area contributed by atoms with Crippen LogP contribution in [0.2, 0.25) is 0 Å². The van der Waals surface area contributed by atoms with E-state index in [2.05, 4.69) is 0 Å². The molecule has 1 aliphatic carbocycles. The summed E-state index contributed by atoms with van der Waals surface area (Å²) in [7, 11) is 1.63. The number of hydrogen-bond acceptors (Lipinski definition) is 3. The van der Waals surface area contributed by atoms with Gasteiger partial charge in [-0.1, -0.05) is 31.2 Å². The molecule has 2 atom stereocenters. The highest BCUT2D eigenvalue weighted by molar-refractivity contribution is 5.77. The molecule has 0 aliphatic heterocycles. The zero-order chi connectivity index (χ0) is 13.1. The highest BCUT2D eigenvalue weighted by atomic mass is 16.6. The molecule has 1 aliphatic rings. The minimum absolute atomic E-state index is 0.234. The average molecular weight is 238 g/mol. The number of rotatable bonds is 3. The Bertz CT molecular complexity index is 330. The van der Waals surface area contributed by atoms with Gasteiger partial charge in [-0.05, 0) is 27.2 Å². The van der Waals surface area contributed by atoms with Crippen LogP contribution in [0.5, 0.6) is 0 Å². The normalized spacial score (nSPS) is 28.2. The first kappa shape index (κ1) is 14.0. The van der Waals surface area contributed by atoms with Gasteiger partial charge < -0.3 is 9.47 Å². The zero-order valence-electron chi connectivity index (χ0n) is 11.3. The molecule has 1 rings (SSSR count). The second-order valence-corrected chi connectivity index (χ2v) is 5.27. The number of methoxy groups -OCH3 is 1. The molecule has 0 aromatic heterocycles. The fourth-order valence-electron chi connectivity index (χ4n) is 1.98. The molecule has 0 amide bonds. The summed E-state index contributed by atoms with van der Waals surface area (Å²) in [6.07, 6.45) is 8.28. The van der Waals surface area contributed by atoms with Crippen LogP contribution < -0.4 is 0 Å². The molecular formula is C14H22O3. The van der Waals surface area contributed by atoms with Crippen molar-refractivity contribution in [3.63, 3.8) is 0 Å². The van der Waals surface area contributed by atoms with Crippen molar-refractivity contribution in [1.29, 1.82) is 0 Å². The SMILES string of the molecule is CCC1(OC)C=CC=CC1C(=O)OC(C)(C)C. The lowest BCUT2D eigenvalue weighted by Gasteiger charge is -2.36. The van der Waals surface area contributed by atoms with Gasteiger partial charge in [0, 0.05) is 7.11 Å². The smallest absolute Gasteiger partial charge is 0.316 e. The van der Waals surface area contributed by atoms with E-state index in [9.17, 15) is 4.79 Å². The van der Waals surface area contributed by atoms with Gasteiger partial charge in [0.1, 0.15) is 17.1 Å². The Morgan fingerprint density at radius 2 is 2.00 bits per heavy atom. The van der Waals surface area contributed by atoms with Crippen molar-refractivity contribution in [2.75, 3.05) is 7.11 Å². The average Bonchev–Trinajstić information content (AvgIpc) is 2.26. The summed E-state index contributed by atoms with van der Waals surface area (Å²) in [6.45, 7) is 7.61. The van der Waals surface area contributed by atoms with Gasteiger partial charge in [0.2, 0.25) is 0 Å². The molecule has 0 spiro atoms. The lowest BCUT2D eigenvalue weighted by Crippen LogP contribution is -2.44. The van der Waals surface area contributed by atoms with E-state index >= 15 is 0 Å². The summed E-state index contributed by atoms with van der Waals surface area (Å²) in [5.74, 6) is -0.608.